The minimum atomic E-state index is -0.479. The second-order valence-corrected chi connectivity index (χ2v) is 9.61. The molecule has 2 aromatic carbocycles. The number of nitrogens with zero attached hydrogens (tertiary/aromatic N) is 1. The van der Waals surface area contributed by atoms with Crippen LogP contribution in [0, 0.1) is 5.82 Å². The Balaban J connectivity index is 1.54. The number of carbonyl (C=O) groups excluding carboxylic acids is 2. The van der Waals surface area contributed by atoms with E-state index in [1.165, 1.54) is 12.5 Å². The van der Waals surface area contributed by atoms with E-state index < -0.39 is 11.5 Å². The van der Waals surface area contributed by atoms with Gasteiger partial charge in [0.05, 0.1) is 11.5 Å². The van der Waals surface area contributed by atoms with Crippen molar-refractivity contribution in [1.82, 2.24) is 10.2 Å². The van der Waals surface area contributed by atoms with Crippen LogP contribution in [-0.2, 0) is 11.3 Å². The largest absolute Gasteiger partial charge is 0.351 e. The van der Waals surface area contributed by atoms with Crippen LogP contribution in [0.15, 0.2) is 48.5 Å². The molecule has 3 aliphatic rings. The average Bonchev–Trinajstić information content (AvgIpc) is 3.29. The van der Waals surface area contributed by atoms with Crippen LogP contribution in [0.5, 0.6) is 0 Å². The van der Waals surface area contributed by atoms with E-state index >= 15 is 0 Å². The van der Waals surface area contributed by atoms with Gasteiger partial charge in [-0.05, 0) is 43.4 Å². The van der Waals surface area contributed by atoms with Crippen molar-refractivity contribution in [3.63, 3.8) is 0 Å². The normalized spacial score (nSPS) is 22.7. The van der Waals surface area contributed by atoms with Crippen molar-refractivity contribution >= 4 is 11.8 Å². The highest BCUT2D eigenvalue weighted by Gasteiger charge is 2.57. The van der Waals surface area contributed by atoms with E-state index in [-0.39, 0.29) is 30.2 Å². The molecule has 0 unspecified atom stereocenters. The fourth-order valence-corrected chi connectivity index (χ4v) is 6.40. The van der Waals surface area contributed by atoms with Gasteiger partial charge in [-0.15, -0.1) is 0 Å². The molecule has 2 saturated carbocycles. The van der Waals surface area contributed by atoms with E-state index in [0.29, 0.717) is 11.1 Å². The number of benzene rings is 2. The molecule has 1 atom stereocenters. The van der Waals surface area contributed by atoms with Gasteiger partial charge in [-0.25, -0.2) is 4.39 Å². The summed E-state index contributed by atoms with van der Waals surface area (Å²) in [7, 11) is 0. The molecule has 5 heteroatoms. The van der Waals surface area contributed by atoms with Crippen LogP contribution in [0.2, 0.25) is 0 Å². The van der Waals surface area contributed by atoms with E-state index in [9.17, 15) is 14.0 Å². The zero-order valence-electron chi connectivity index (χ0n) is 18.5. The molecular formula is C27H31FN2O2. The minimum Gasteiger partial charge on any atom is -0.351 e. The Morgan fingerprint density at radius 1 is 0.969 bits per heavy atom. The first kappa shape index (κ1) is 21.2. The number of carbonyl (C=O) groups is 2. The van der Waals surface area contributed by atoms with Crippen molar-refractivity contribution in [2.24, 2.45) is 0 Å². The number of rotatable bonds is 4. The second kappa shape index (κ2) is 8.68. The molecule has 5 rings (SSSR count). The van der Waals surface area contributed by atoms with Crippen molar-refractivity contribution in [2.75, 3.05) is 0 Å². The Kier molecular flexibility index (Phi) is 5.75. The fraction of sp³-hybridized carbons (Fsp3) is 0.481. The van der Waals surface area contributed by atoms with Crippen molar-refractivity contribution in [2.45, 2.75) is 81.8 Å². The molecule has 2 amide bonds. The Hall–Kier alpha value is -2.69. The van der Waals surface area contributed by atoms with Crippen LogP contribution in [0.1, 0.15) is 85.2 Å². The van der Waals surface area contributed by atoms with E-state index in [0.717, 1.165) is 56.9 Å². The molecule has 2 fully saturated rings. The van der Waals surface area contributed by atoms with Crippen LogP contribution >= 0.6 is 0 Å². The van der Waals surface area contributed by atoms with Crippen LogP contribution < -0.4 is 5.32 Å². The van der Waals surface area contributed by atoms with E-state index in [1.807, 2.05) is 24.3 Å². The number of fused-ring (bicyclic) bond motifs is 1. The number of nitrogens with one attached hydrogen (secondary N) is 1. The van der Waals surface area contributed by atoms with Crippen LogP contribution in [0.3, 0.4) is 0 Å². The third-order valence-electron chi connectivity index (χ3n) is 7.82. The highest BCUT2D eigenvalue weighted by atomic mass is 19.1. The highest BCUT2D eigenvalue weighted by molar-refractivity contribution is 6.02. The molecule has 4 nitrogen and oxygen atoms in total. The smallest absolute Gasteiger partial charge is 0.254 e. The topological polar surface area (TPSA) is 49.4 Å². The van der Waals surface area contributed by atoms with Crippen LogP contribution in [0.25, 0.3) is 0 Å². The summed E-state index contributed by atoms with van der Waals surface area (Å²) in [5, 5.41) is 3.02. The van der Waals surface area contributed by atoms with Gasteiger partial charge in [-0.1, -0.05) is 68.5 Å². The van der Waals surface area contributed by atoms with E-state index in [1.54, 1.807) is 18.2 Å². The number of amides is 2. The molecule has 168 valence electrons. The lowest BCUT2D eigenvalue weighted by atomic mass is 9.69. The first-order valence-corrected chi connectivity index (χ1v) is 12.1. The average molecular weight is 435 g/mol. The van der Waals surface area contributed by atoms with Crippen molar-refractivity contribution in [3.8, 4) is 0 Å². The molecule has 1 aliphatic heterocycles. The Bertz CT molecular complexity index is 1010. The molecule has 32 heavy (non-hydrogen) atoms. The Labute approximate surface area is 189 Å². The summed E-state index contributed by atoms with van der Waals surface area (Å²) >= 11 is 0. The quantitative estimate of drug-likeness (QED) is 0.707. The van der Waals surface area contributed by atoms with Gasteiger partial charge in [-0.3, -0.25) is 9.59 Å². The molecule has 1 N–H and O–H groups in total. The molecule has 2 aromatic rings. The van der Waals surface area contributed by atoms with Gasteiger partial charge in [0.25, 0.3) is 5.91 Å². The first-order chi connectivity index (χ1) is 15.6. The van der Waals surface area contributed by atoms with E-state index in [2.05, 4.69) is 10.2 Å². The van der Waals surface area contributed by atoms with Crippen molar-refractivity contribution in [3.05, 3.63) is 71.0 Å². The van der Waals surface area contributed by atoms with Gasteiger partial charge in [0.2, 0.25) is 5.91 Å². The summed E-state index contributed by atoms with van der Waals surface area (Å²) in [5.41, 5.74) is 1.48. The maximum absolute atomic E-state index is 14.2. The molecule has 1 spiro atoms. The summed E-state index contributed by atoms with van der Waals surface area (Å²) in [5.74, 6) is -0.748. The lowest BCUT2D eigenvalue weighted by Gasteiger charge is -2.54. The fourth-order valence-electron chi connectivity index (χ4n) is 6.40. The molecule has 0 bridgehead atoms. The summed E-state index contributed by atoms with van der Waals surface area (Å²) in [4.78, 5) is 29.7. The molecule has 2 aliphatic carbocycles. The van der Waals surface area contributed by atoms with Crippen molar-refractivity contribution in [1.29, 1.82) is 0 Å². The number of hydrogen-bond donors (Lipinski definition) is 1. The van der Waals surface area contributed by atoms with Crippen LogP contribution in [0.4, 0.5) is 4.39 Å². The maximum Gasteiger partial charge on any atom is 0.254 e. The zero-order valence-corrected chi connectivity index (χ0v) is 18.5. The van der Waals surface area contributed by atoms with Gasteiger partial charge in [-0.2, -0.15) is 0 Å². The zero-order chi connectivity index (χ0) is 22.1. The molecule has 0 saturated heterocycles. The SMILES string of the molecule is O=C(NCc1ccccc1F)[C@@H]1c2ccccc2C(=O)N(C2CCCCC2)C12CCCC2. The third kappa shape index (κ3) is 3.52. The van der Waals surface area contributed by atoms with Gasteiger partial charge in [0, 0.05) is 23.7 Å². The minimum absolute atomic E-state index is 0.0903. The molecular weight excluding hydrogens is 403 g/mol. The van der Waals surface area contributed by atoms with Gasteiger partial charge in [0.15, 0.2) is 0 Å². The molecule has 1 heterocycles. The summed E-state index contributed by atoms with van der Waals surface area (Å²) in [6.45, 7) is 0.150. The standard InChI is InChI=1S/C27H31FN2O2/c28-23-15-7-4-10-19(23)18-29-25(31)24-21-13-5-6-14-22(21)26(32)30(20-11-2-1-3-12-20)27(24)16-8-9-17-27/h4-7,10,13-15,20,24H,1-3,8-9,11-12,16-18H2,(H,29,31)/t24-/m0/s1. The maximum atomic E-state index is 14.2. The van der Waals surface area contributed by atoms with Crippen molar-refractivity contribution < 1.29 is 14.0 Å². The second-order valence-electron chi connectivity index (χ2n) is 9.61. The summed E-state index contributed by atoms with van der Waals surface area (Å²) in [6, 6.07) is 14.4. The molecule has 0 aromatic heterocycles. The van der Waals surface area contributed by atoms with Gasteiger partial charge in [0.1, 0.15) is 5.82 Å². The third-order valence-corrected chi connectivity index (χ3v) is 7.82. The Morgan fingerprint density at radius 2 is 1.66 bits per heavy atom. The lowest BCUT2D eigenvalue weighted by molar-refractivity contribution is -0.127. The highest BCUT2D eigenvalue weighted by Crippen LogP contribution is 2.52. The number of hydrogen-bond acceptors (Lipinski definition) is 2. The Morgan fingerprint density at radius 3 is 2.41 bits per heavy atom. The number of halogens is 1. The lowest BCUT2D eigenvalue weighted by Crippen LogP contribution is -2.63. The van der Waals surface area contributed by atoms with Gasteiger partial charge < -0.3 is 10.2 Å². The predicted octanol–water partition coefficient (Wildman–Crippen LogP) is 5.33. The monoisotopic (exact) mass is 434 g/mol. The summed E-state index contributed by atoms with van der Waals surface area (Å²) < 4.78 is 14.2. The molecule has 0 radical (unpaired) electrons. The summed E-state index contributed by atoms with van der Waals surface area (Å²) in [6.07, 6.45) is 9.26. The van der Waals surface area contributed by atoms with Gasteiger partial charge >= 0.3 is 0 Å². The van der Waals surface area contributed by atoms with E-state index in [4.69, 9.17) is 0 Å². The van der Waals surface area contributed by atoms with Crippen LogP contribution in [-0.4, -0.2) is 28.3 Å². The predicted molar refractivity (Wildman–Crippen MR) is 122 cm³/mol. The first-order valence-electron chi connectivity index (χ1n) is 12.1.